The standard InChI is InChI=1S/C30H26F6N2O2Si/c1-41(2)25-11-19(37-13-17(14-37)29(31,32)33)7-9-23(25)28(22-6-4-3-5-21(22)27(39)40-28)24-10-8-20(12-26(24)41)38-15-18(16-38)30(34,35)36/h3-12,17-18H,13-16H2,1-2H3. The number of benzene rings is 3. The van der Waals surface area contributed by atoms with Gasteiger partial charge >= 0.3 is 18.3 Å². The summed E-state index contributed by atoms with van der Waals surface area (Å²) in [7, 11) is -2.60. The largest absolute Gasteiger partial charge is 0.441 e. The summed E-state index contributed by atoms with van der Waals surface area (Å²) in [5.41, 5.74) is 2.77. The Hall–Kier alpha value is -3.47. The summed E-state index contributed by atoms with van der Waals surface area (Å²) in [6.45, 7) is 3.76. The first-order chi connectivity index (χ1) is 19.2. The van der Waals surface area contributed by atoms with Gasteiger partial charge in [-0.05, 0) is 40.7 Å². The molecule has 214 valence electrons. The van der Waals surface area contributed by atoms with Gasteiger partial charge < -0.3 is 14.5 Å². The van der Waals surface area contributed by atoms with E-state index in [1.165, 1.54) is 0 Å². The van der Waals surface area contributed by atoms with Crippen LogP contribution >= 0.6 is 0 Å². The number of ether oxygens (including phenoxy) is 1. The number of alkyl halides is 6. The molecule has 11 heteroatoms. The summed E-state index contributed by atoms with van der Waals surface area (Å²) < 4.78 is 85.6. The normalized spacial score (nSPS) is 21.1. The van der Waals surface area contributed by atoms with E-state index in [4.69, 9.17) is 4.74 Å². The first-order valence-corrected chi connectivity index (χ1v) is 16.5. The molecule has 0 N–H and O–H groups in total. The Morgan fingerprint density at radius 3 is 1.66 bits per heavy atom. The van der Waals surface area contributed by atoms with Gasteiger partial charge in [0.1, 0.15) is 8.07 Å². The Morgan fingerprint density at radius 1 is 0.732 bits per heavy atom. The lowest BCUT2D eigenvalue weighted by atomic mass is 9.79. The van der Waals surface area contributed by atoms with Crippen LogP contribution < -0.4 is 20.2 Å². The highest BCUT2D eigenvalue weighted by Crippen LogP contribution is 2.50. The third-order valence-electron chi connectivity index (χ3n) is 9.30. The van der Waals surface area contributed by atoms with Gasteiger partial charge in [-0.2, -0.15) is 26.3 Å². The van der Waals surface area contributed by atoms with Crippen molar-refractivity contribution in [1.82, 2.24) is 0 Å². The number of halogens is 6. The number of esters is 1. The minimum atomic E-state index is -4.25. The Morgan fingerprint density at radius 2 is 1.20 bits per heavy atom. The molecule has 41 heavy (non-hydrogen) atoms. The molecule has 4 nitrogen and oxygen atoms in total. The van der Waals surface area contributed by atoms with Gasteiger partial charge in [0.25, 0.3) is 0 Å². The monoisotopic (exact) mass is 588 g/mol. The van der Waals surface area contributed by atoms with Crippen LogP contribution in [0, 0.1) is 11.8 Å². The smallest absolute Gasteiger partial charge is 0.395 e. The van der Waals surface area contributed by atoms with E-state index in [9.17, 15) is 31.1 Å². The molecule has 4 aliphatic heterocycles. The molecule has 0 aromatic heterocycles. The van der Waals surface area contributed by atoms with Gasteiger partial charge in [-0.25, -0.2) is 4.79 Å². The van der Waals surface area contributed by atoms with Crippen LogP contribution in [0.5, 0.6) is 0 Å². The molecule has 0 atom stereocenters. The third kappa shape index (κ3) is 3.70. The molecule has 4 heterocycles. The fraction of sp³-hybridized carbons (Fsp3) is 0.367. The van der Waals surface area contributed by atoms with Crippen molar-refractivity contribution in [3.8, 4) is 0 Å². The van der Waals surface area contributed by atoms with E-state index in [1.54, 1.807) is 34.1 Å². The van der Waals surface area contributed by atoms with Crippen LogP contribution in [0.2, 0.25) is 13.1 Å². The maximum Gasteiger partial charge on any atom is 0.395 e. The molecule has 7 rings (SSSR count). The molecule has 2 saturated heterocycles. The van der Waals surface area contributed by atoms with Crippen molar-refractivity contribution in [1.29, 1.82) is 0 Å². The van der Waals surface area contributed by atoms with E-state index in [2.05, 4.69) is 13.1 Å². The van der Waals surface area contributed by atoms with Crippen LogP contribution in [0.3, 0.4) is 0 Å². The number of fused-ring (bicyclic) bond motifs is 6. The maximum atomic E-state index is 13.2. The number of carbonyl (C=O) groups is 1. The van der Waals surface area contributed by atoms with Gasteiger partial charge in [-0.1, -0.05) is 43.4 Å². The van der Waals surface area contributed by atoms with Crippen molar-refractivity contribution in [2.45, 2.75) is 31.0 Å². The van der Waals surface area contributed by atoms with Gasteiger partial charge in [0.05, 0.1) is 17.4 Å². The molecule has 0 aliphatic carbocycles. The lowest BCUT2D eigenvalue weighted by Crippen LogP contribution is -2.64. The fourth-order valence-electron chi connectivity index (χ4n) is 6.81. The molecule has 0 unspecified atom stereocenters. The highest BCUT2D eigenvalue weighted by atomic mass is 28.3. The SMILES string of the molecule is C[Si]1(C)c2cc(N3CC(C(F)(F)F)C3)ccc2C2(OC(=O)c3ccccc32)c2ccc(N3CC(C(F)(F)F)C3)cc21. The summed E-state index contributed by atoms with van der Waals surface area (Å²) in [5, 5.41) is 1.85. The van der Waals surface area contributed by atoms with Crippen molar-refractivity contribution in [3.63, 3.8) is 0 Å². The minimum Gasteiger partial charge on any atom is -0.441 e. The zero-order valence-corrected chi connectivity index (χ0v) is 23.2. The van der Waals surface area contributed by atoms with Gasteiger partial charge in [-0.15, -0.1) is 0 Å². The number of hydrogen-bond donors (Lipinski definition) is 0. The van der Waals surface area contributed by atoms with Crippen LogP contribution in [0.4, 0.5) is 37.7 Å². The molecular weight excluding hydrogens is 562 g/mol. The number of rotatable bonds is 2. The van der Waals surface area contributed by atoms with Crippen LogP contribution in [0.25, 0.3) is 0 Å². The van der Waals surface area contributed by atoms with Crippen LogP contribution in [0.1, 0.15) is 27.0 Å². The summed E-state index contributed by atoms with van der Waals surface area (Å²) in [6, 6.07) is 18.3. The maximum absolute atomic E-state index is 13.2. The zero-order chi connectivity index (χ0) is 29.1. The predicted molar refractivity (Wildman–Crippen MR) is 145 cm³/mol. The molecule has 3 aromatic rings. The summed E-state index contributed by atoms with van der Waals surface area (Å²) in [6.07, 6.45) is -8.50. The topological polar surface area (TPSA) is 32.8 Å². The Bertz CT molecular complexity index is 1510. The Labute approximate surface area is 233 Å². The number of anilines is 2. The molecule has 4 aliphatic rings. The van der Waals surface area contributed by atoms with Crippen molar-refractivity contribution in [3.05, 3.63) is 82.9 Å². The second kappa shape index (κ2) is 8.30. The summed E-state index contributed by atoms with van der Waals surface area (Å²) >= 11 is 0. The predicted octanol–water partition coefficient (Wildman–Crippen LogP) is 5.28. The first-order valence-electron chi connectivity index (χ1n) is 13.5. The molecule has 1 spiro atoms. The Balaban J connectivity index is 1.37. The average molecular weight is 589 g/mol. The van der Waals surface area contributed by atoms with Crippen molar-refractivity contribution in [2.75, 3.05) is 36.0 Å². The summed E-state index contributed by atoms with van der Waals surface area (Å²) in [5.74, 6) is -3.23. The zero-order valence-electron chi connectivity index (χ0n) is 22.2. The highest BCUT2D eigenvalue weighted by molar-refractivity contribution is 7.01. The molecule has 3 aromatic carbocycles. The van der Waals surface area contributed by atoms with E-state index in [0.29, 0.717) is 22.5 Å². The van der Waals surface area contributed by atoms with Gasteiger partial charge in [0.15, 0.2) is 5.60 Å². The van der Waals surface area contributed by atoms with Gasteiger partial charge in [0.2, 0.25) is 0 Å². The molecule has 0 radical (unpaired) electrons. The lowest BCUT2D eigenvalue weighted by Gasteiger charge is -2.47. The van der Waals surface area contributed by atoms with Crippen molar-refractivity contribution in [2.24, 2.45) is 11.8 Å². The van der Waals surface area contributed by atoms with Crippen LogP contribution in [-0.4, -0.2) is 52.6 Å². The molecule has 0 bridgehead atoms. The number of carbonyl (C=O) groups excluding carboxylic acids is 1. The Kier molecular flexibility index (Phi) is 5.35. The van der Waals surface area contributed by atoms with E-state index < -0.39 is 43.8 Å². The fourth-order valence-corrected chi connectivity index (χ4v) is 9.98. The molecule has 2 fully saturated rings. The lowest BCUT2D eigenvalue weighted by molar-refractivity contribution is -0.180. The summed E-state index contributed by atoms with van der Waals surface area (Å²) in [4.78, 5) is 16.6. The number of hydrogen-bond acceptors (Lipinski definition) is 4. The first kappa shape index (κ1) is 26.4. The van der Waals surface area contributed by atoms with E-state index in [0.717, 1.165) is 21.5 Å². The van der Waals surface area contributed by atoms with E-state index >= 15 is 0 Å². The van der Waals surface area contributed by atoms with Crippen LogP contribution in [-0.2, 0) is 10.3 Å². The quantitative estimate of drug-likeness (QED) is 0.232. The average Bonchev–Trinajstić information content (AvgIpc) is 3.13. The number of nitrogens with zero attached hydrogens (tertiary/aromatic N) is 2. The van der Waals surface area contributed by atoms with E-state index in [1.807, 2.05) is 36.4 Å². The second-order valence-electron chi connectivity index (χ2n) is 12.0. The van der Waals surface area contributed by atoms with Crippen molar-refractivity contribution >= 4 is 35.8 Å². The minimum absolute atomic E-state index is 0.122. The van der Waals surface area contributed by atoms with Gasteiger partial charge in [-0.3, -0.25) is 0 Å². The van der Waals surface area contributed by atoms with E-state index in [-0.39, 0.29) is 26.2 Å². The van der Waals surface area contributed by atoms with Crippen molar-refractivity contribution < 1.29 is 35.9 Å². The molecule has 0 amide bonds. The molecule has 0 saturated carbocycles. The van der Waals surface area contributed by atoms with Crippen LogP contribution in [0.15, 0.2) is 60.7 Å². The molecular formula is C30H26F6N2O2Si. The second-order valence-corrected chi connectivity index (χ2v) is 16.3. The third-order valence-corrected chi connectivity index (χ3v) is 12.8. The van der Waals surface area contributed by atoms with Gasteiger partial charge in [0, 0.05) is 54.2 Å². The highest BCUT2D eigenvalue weighted by Gasteiger charge is 2.57.